The van der Waals surface area contributed by atoms with E-state index in [0.717, 1.165) is 44.3 Å². The van der Waals surface area contributed by atoms with Gasteiger partial charge in [0.1, 0.15) is 11.7 Å². The Kier molecular flexibility index (Phi) is 15.2. The average molecular weight is 686 g/mol. The number of piperazine rings is 1. The van der Waals surface area contributed by atoms with Gasteiger partial charge in [-0.3, -0.25) is 14.5 Å². The summed E-state index contributed by atoms with van der Waals surface area (Å²) >= 11 is 0. The third kappa shape index (κ3) is 12.2. The molecule has 0 bridgehead atoms. The second kappa shape index (κ2) is 19.1. The van der Waals surface area contributed by atoms with Crippen LogP contribution in [0.2, 0.25) is 0 Å². The fourth-order valence-electron chi connectivity index (χ4n) is 7.68. The number of aliphatic hydroxyl groups excluding tert-OH is 1. The van der Waals surface area contributed by atoms with Crippen molar-refractivity contribution in [2.24, 2.45) is 17.8 Å². The number of hydrogen-bond acceptors (Lipinski definition) is 8. The number of hydrogen-bond donors (Lipinski definition) is 3. The van der Waals surface area contributed by atoms with E-state index in [1.165, 1.54) is 38.5 Å². The molecule has 2 aliphatic carbocycles. The van der Waals surface area contributed by atoms with Crippen molar-refractivity contribution in [2.75, 3.05) is 32.7 Å². The molecule has 0 aromatic rings. The predicted octanol–water partition coefficient (Wildman–Crippen LogP) is 5.68. The SMILES string of the molecule is C/C(=C\C=C\[C@@H](C)CNC(=O)C1CCCC1)[C@H]1OC(=O)C[C@H](O)CC[C@@](C)(O)[C@@H](OC(=O)N2CCN(C3CCCCCC3)CC2)/C=C/[C@@H]1C. The second-order valence-corrected chi connectivity index (χ2v) is 15.4. The smallest absolute Gasteiger partial charge is 0.410 e. The first kappa shape index (κ1) is 39.1. The molecular weight excluding hydrogens is 622 g/mol. The highest BCUT2D eigenvalue weighted by molar-refractivity contribution is 5.78. The summed E-state index contributed by atoms with van der Waals surface area (Å²) in [5, 5.41) is 25.3. The normalized spacial score (nSPS) is 32.1. The molecule has 0 aromatic heterocycles. The van der Waals surface area contributed by atoms with Crippen LogP contribution in [-0.2, 0) is 19.1 Å². The van der Waals surface area contributed by atoms with Crippen molar-refractivity contribution in [3.8, 4) is 0 Å². The molecule has 1 saturated heterocycles. The minimum Gasteiger partial charge on any atom is -0.457 e. The van der Waals surface area contributed by atoms with Crippen molar-refractivity contribution in [3.63, 3.8) is 0 Å². The maximum absolute atomic E-state index is 13.4. The summed E-state index contributed by atoms with van der Waals surface area (Å²) in [5.74, 6) is -0.418. The molecule has 2 aliphatic heterocycles. The Bertz CT molecular complexity index is 1160. The summed E-state index contributed by atoms with van der Waals surface area (Å²) in [6, 6.07) is 0.593. The number of cyclic esters (lactones) is 1. The van der Waals surface area contributed by atoms with E-state index in [9.17, 15) is 24.6 Å². The summed E-state index contributed by atoms with van der Waals surface area (Å²) in [6.45, 7) is 10.8. The quantitative estimate of drug-likeness (QED) is 0.129. The number of allylic oxidation sites excluding steroid dienone is 2. The first-order valence-electron chi connectivity index (χ1n) is 19.0. The first-order valence-corrected chi connectivity index (χ1v) is 19.0. The Hall–Kier alpha value is -2.69. The Balaban J connectivity index is 1.40. The van der Waals surface area contributed by atoms with Crippen LogP contribution in [0.15, 0.2) is 36.0 Å². The minimum atomic E-state index is -1.45. The van der Waals surface area contributed by atoms with Crippen LogP contribution in [0.3, 0.4) is 0 Å². The number of carbonyl (C=O) groups excluding carboxylic acids is 3. The van der Waals surface area contributed by atoms with Crippen LogP contribution in [0.25, 0.3) is 0 Å². The number of nitrogens with zero attached hydrogens (tertiary/aromatic N) is 2. The van der Waals surface area contributed by atoms with Gasteiger partial charge >= 0.3 is 12.1 Å². The van der Waals surface area contributed by atoms with E-state index in [1.54, 1.807) is 17.9 Å². The van der Waals surface area contributed by atoms with Crippen molar-refractivity contribution < 1.29 is 34.1 Å². The number of amides is 2. The molecule has 0 aromatic carbocycles. The molecule has 3 N–H and O–H groups in total. The molecule has 3 fully saturated rings. The van der Waals surface area contributed by atoms with Gasteiger partial charge in [-0.2, -0.15) is 0 Å². The van der Waals surface area contributed by atoms with Gasteiger partial charge in [0.25, 0.3) is 0 Å². The van der Waals surface area contributed by atoms with Crippen LogP contribution in [0.4, 0.5) is 4.79 Å². The lowest BCUT2D eigenvalue weighted by molar-refractivity contribution is -0.151. The zero-order chi connectivity index (χ0) is 35.4. The molecule has 2 saturated carbocycles. The van der Waals surface area contributed by atoms with Crippen LogP contribution < -0.4 is 5.32 Å². The summed E-state index contributed by atoms with van der Waals surface area (Å²) in [5.41, 5.74) is -0.646. The van der Waals surface area contributed by atoms with E-state index in [4.69, 9.17) is 9.47 Å². The molecule has 4 aliphatic rings. The van der Waals surface area contributed by atoms with Crippen LogP contribution in [-0.4, -0.2) is 101 Å². The molecule has 0 spiro atoms. The summed E-state index contributed by atoms with van der Waals surface area (Å²) in [6.07, 6.45) is 18.3. The van der Waals surface area contributed by atoms with Gasteiger partial charge in [0.15, 0.2) is 6.10 Å². The molecule has 0 unspecified atom stereocenters. The van der Waals surface area contributed by atoms with E-state index in [0.29, 0.717) is 25.7 Å². The number of ether oxygens (including phenoxy) is 2. The predicted molar refractivity (Wildman–Crippen MR) is 191 cm³/mol. The molecule has 6 atom stereocenters. The van der Waals surface area contributed by atoms with Gasteiger partial charge in [-0.15, -0.1) is 0 Å². The van der Waals surface area contributed by atoms with E-state index >= 15 is 0 Å². The van der Waals surface area contributed by atoms with Crippen molar-refractivity contribution in [2.45, 2.75) is 141 Å². The molecule has 4 rings (SSSR count). The van der Waals surface area contributed by atoms with Gasteiger partial charge in [0.05, 0.1) is 12.5 Å². The third-order valence-electron chi connectivity index (χ3n) is 11.0. The lowest BCUT2D eigenvalue weighted by atomic mass is 9.89. The van der Waals surface area contributed by atoms with Gasteiger partial charge in [-0.1, -0.05) is 76.7 Å². The molecule has 2 heterocycles. The highest BCUT2D eigenvalue weighted by atomic mass is 16.6. The average Bonchev–Trinajstić information content (AvgIpc) is 3.49. The van der Waals surface area contributed by atoms with Gasteiger partial charge in [0, 0.05) is 50.6 Å². The molecule has 0 radical (unpaired) electrons. The van der Waals surface area contributed by atoms with Crippen molar-refractivity contribution >= 4 is 18.0 Å². The standard InChI is InChI=1S/C39H63N3O7/c1-28(27-40-37(45)31-14-9-10-15-31)12-11-13-29(2)36-30(3)18-19-34(39(4,47)21-20-33(43)26-35(44)49-36)48-38(46)42-24-22-41(23-25-42)32-16-7-5-6-8-17-32/h11-13,18-19,28,30-34,36,43,47H,5-10,14-17,20-27H2,1-4H3,(H,40,45)/b12-11+,19-18+,29-13+/t28-,30+,33-,34+,36-,39-/m1/s1. The van der Waals surface area contributed by atoms with Crippen molar-refractivity contribution in [1.29, 1.82) is 0 Å². The monoisotopic (exact) mass is 685 g/mol. The Morgan fingerprint density at radius 3 is 2.37 bits per heavy atom. The molecule has 49 heavy (non-hydrogen) atoms. The zero-order valence-electron chi connectivity index (χ0n) is 30.5. The van der Waals surface area contributed by atoms with Crippen LogP contribution in [0.1, 0.15) is 111 Å². The van der Waals surface area contributed by atoms with Crippen molar-refractivity contribution in [3.05, 3.63) is 36.0 Å². The molecular formula is C39H63N3O7. The molecule has 276 valence electrons. The summed E-state index contributed by atoms with van der Waals surface area (Å²) < 4.78 is 11.9. The number of nitrogens with one attached hydrogen (secondary N) is 1. The van der Waals surface area contributed by atoms with Gasteiger partial charge in [-0.25, -0.2) is 4.79 Å². The lowest BCUT2D eigenvalue weighted by Gasteiger charge is -2.40. The number of rotatable bonds is 8. The topological polar surface area (TPSA) is 129 Å². The van der Waals surface area contributed by atoms with Gasteiger partial charge < -0.3 is 29.9 Å². The van der Waals surface area contributed by atoms with Crippen molar-refractivity contribution in [1.82, 2.24) is 15.1 Å². The number of esters is 1. The fraction of sp³-hybridized carbons (Fsp3) is 0.769. The van der Waals surface area contributed by atoms with E-state index in [-0.39, 0.29) is 42.9 Å². The van der Waals surface area contributed by atoms with Gasteiger partial charge in [-0.05, 0) is 69.9 Å². The molecule has 10 heteroatoms. The largest absolute Gasteiger partial charge is 0.457 e. The van der Waals surface area contributed by atoms with Crippen LogP contribution in [0.5, 0.6) is 0 Å². The summed E-state index contributed by atoms with van der Waals surface area (Å²) in [7, 11) is 0. The fourth-order valence-corrected chi connectivity index (χ4v) is 7.68. The summed E-state index contributed by atoms with van der Waals surface area (Å²) in [4.78, 5) is 43.0. The maximum atomic E-state index is 13.4. The molecule has 2 amide bonds. The Morgan fingerprint density at radius 2 is 1.69 bits per heavy atom. The third-order valence-corrected chi connectivity index (χ3v) is 11.0. The van der Waals surface area contributed by atoms with E-state index < -0.39 is 36.0 Å². The second-order valence-electron chi connectivity index (χ2n) is 15.4. The van der Waals surface area contributed by atoms with Crippen LogP contribution in [0, 0.1) is 17.8 Å². The lowest BCUT2D eigenvalue weighted by Crippen LogP contribution is -2.53. The highest BCUT2D eigenvalue weighted by Gasteiger charge is 2.37. The first-order chi connectivity index (χ1) is 23.4. The Morgan fingerprint density at radius 1 is 1.04 bits per heavy atom. The Labute approximate surface area is 294 Å². The maximum Gasteiger partial charge on any atom is 0.410 e. The van der Waals surface area contributed by atoms with Crippen LogP contribution >= 0.6 is 0 Å². The minimum absolute atomic E-state index is 0.123. The van der Waals surface area contributed by atoms with Gasteiger partial charge in [0.2, 0.25) is 5.91 Å². The van der Waals surface area contributed by atoms with E-state index in [1.807, 2.05) is 45.1 Å². The highest BCUT2D eigenvalue weighted by Crippen LogP contribution is 2.29. The van der Waals surface area contributed by atoms with E-state index in [2.05, 4.69) is 10.2 Å². The zero-order valence-corrected chi connectivity index (χ0v) is 30.5. The number of aliphatic hydroxyl groups is 2. The number of carbonyl (C=O) groups is 3. The molecule has 10 nitrogen and oxygen atoms in total.